The smallest absolute Gasteiger partial charge is 0.0656 e. The van der Waals surface area contributed by atoms with Crippen LogP contribution in [0.4, 0.5) is 0 Å². The van der Waals surface area contributed by atoms with Crippen LogP contribution in [0.25, 0.3) is 0 Å². The van der Waals surface area contributed by atoms with Crippen molar-refractivity contribution in [2.45, 2.75) is 20.3 Å². The zero-order chi connectivity index (χ0) is 6.83. The van der Waals surface area contributed by atoms with Crippen molar-refractivity contribution in [3.63, 3.8) is 0 Å². The van der Waals surface area contributed by atoms with Crippen LogP contribution >= 0.6 is 17.4 Å². The molecular formula is C3H10O3P2+2. The minimum atomic E-state index is -0.892. The van der Waals surface area contributed by atoms with Crippen LogP contribution in [0.3, 0.4) is 0 Å². The Morgan fingerprint density at radius 1 is 1.25 bits per heavy atom. The molecule has 0 rings (SSSR count). The van der Waals surface area contributed by atoms with E-state index in [1.54, 1.807) is 0 Å². The first-order valence-corrected chi connectivity index (χ1v) is 3.86. The second-order valence-electron chi connectivity index (χ2n) is 0.976. The highest BCUT2D eigenvalue weighted by Gasteiger charge is 1.91. The summed E-state index contributed by atoms with van der Waals surface area (Å²) in [6, 6.07) is 0. The molecule has 5 heteroatoms. The molecule has 0 aromatic rings. The molecule has 0 aliphatic carbocycles. The van der Waals surface area contributed by atoms with Crippen LogP contribution in [0.5, 0.6) is 0 Å². The first kappa shape index (κ1) is 11.0. The molecule has 8 heavy (non-hydrogen) atoms. The fourth-order valence-corrected chi connectivity index (χ4v) is 0.153. The minimum Gasteiger partial charge on any atom is -0.0656 e. The van der Waals surface area contributed by atoms with Crippen molar-refractivity contribution in [2.75, 3.05) is 0 Å². The summed E-state index contributed by atoms with van der Waals surface area (Å²) in [5, 5.41) is 0. The summed E-state index contributed by atoms with van der Waals surface area (Å²) < 4.78 is 22.1. The first-order valence-electron chi connectivity index (χ1n) is 2.23. The molecule has 0 aliphatic rings. The molecule has 0 spiro atoms. The van der Waals surface area contributed by atoms with Gasteiger partial charge in [-0.25, -0.2) is 0 Å². The van der Waals surface area contributed by atoms with Gasteiger partial charge in [0.15, 0.2) is 0 Å². The third-order valence-corrected chi connectivity index (χ3v) is 0.750. The standard InChI is InChI=1S/C3H8.H2O3P2/c1-3-2;1-4-3-5-2/h3H2,1-2H3;4-5H/q;+2. The molecule has 0 bridgehead atoms. The molecular weight excluding hydrogens is 146 g/mol. The summed E-state index contributed by atoms with van der Waals surface area (Å²) >= 11 is 0. The van der Waals surface area contributed by atoms with Gasteiger partial charge in [-0.3, -0.25) is 0 Å². The van der Waals surface area contributed by atoms with Gasteiger partial charge in [-0.2, -0.15) is 0 Å². The monoisotopic (exact) mass is 156 g/mol. The number of rotatable bonds is 2. The molecule has 0 heterocycles. The zero-order valence-corrected chi connectivity index (χ0v) is 6.93. The Hall–Kier alpha value is 0.160. The van der Waals surface area contributed by atoms with E-state index in [1.165, 1.54) is 6.42 Å². The Morgan fingerprint density at radius 3 is 1.50 bits per heavy atom. The summed E-state index contributed by atoms with van der Waals surface area (Å²) in [7, 11) is -1.78. The Balaban J connectivity index is 0. The quantitative estimate of drug-likeness (QED) is 0.576. The van der Waals surface area contributed by atoms with Crippen molar-refractivity contribution < 1.29 is 13.4 Å². The topological polar surface area (TPSA) is 43.4 Å². The van der Waals surface area contributed by atoms with E-state index in [9.17, 15) is 0 Å². The van der Waals surface area contributed by atoms with Crippen LogP contribution in [0.2, 0.25) is 0 Å². The summed E-state index contributed by atoms with van der Waals surface area (Å²) in [5.74, 6) is 0. The van der Waals surface area contributed by atoms with Crippen LogP contribution < -0.4 is 0 Å². The lowest BCUT2D eigenvalue weighted by Gasteiger charge is -1.48. The van der Waals surface area contributed by atoms with Crippen molar-refractivity contribution in [1.82, 2.24) is 0 Å². The van der Waals surface area contributed by atoms with Gasteiger partial charge in [0.05, 0.1) is 0 Å². The Morgan fingerprint density at radius 2 is 1.50 bits per heavy atom. The highest BCUT2D eigenvalue weighted by molar-refractivity contribution is 7.32. The van der Waals surface area contributed by atoms with Gasteiger partial charge < -0.3 is 0 Å². The molecule has 0 N–H and O–H groups in total. The molecule has 0 saturated carbocycles. The number of hydrogen-bond acceptors (Lipinski definition) is 3. The molecule has 48 valence electrons. The predicted octanol–water partition coefficient (Wildman–Crippen LogP) is 2.30. The van der Waals surface area contributed by atoms with Crippen molar-refractivity contribution in [1.29, 1.82) is 0 Å². The van der Waals surface area contributed by atoms with E-state index in [-0.39, 0.29) is 0 Å². The molecule has 0 aromatic heterocycles. The minimum absolute atomic E-state index is 0.892. The lowest BCUT2D eigenvalue weighted by molar-refractivity contribution is 0.516. The van der Waals surface area contributed by atoms with Gasteiger partial charge in [0.1, 0.15) is 4.31 Å². The second-order valence-corrected chi connectivity index (χ2v) is 2.13. The van der Waals surface area contributed by atoms with Gasteiger partial charge in [-0.1, -0.05) is 20.3 Å². The van der Waals surface area contributed by atoms with Crippen LogP contribution in [0.15, 0.2) is 0 Å². The summed E-state index contributed by atoms with van der Waals surface area (Å²) in [6.45, 7) is 4.25. The van der Waals surface area contributed by atoms with Crippen LogP contribution in [0, 0.1) is 0 Å². The molecule has 0 aliphatic heterocycles. The highest BCUT2D eigenvalue weighted by atomic mass is 31.1. The molecule has 0 radical (unpaired) electrons. The maximum atomic E-state index is 9.14. The van der Waals surface area contributed by atoms with E-state index in [1.807, 2.05) is 0 Å². The molecule has 0 fully saturated rings. The van der Waals surface area contributed by atoms with Crippen molar-refractivity contribution in [3.05, 3.63) is 0 Å². The summed E-state index contributed by atoms with van der Waals surface area (Å²) in [5.41, 5.74) is 0. The normalized spacial score (nSPS) is 8.25. The fraction of sp³-hybridized carbons (Fsp3) is 1.00. The van der Waals surface area contributed by atoms with E-state index >= 15 is 0 Å². The van der Waals surface area contributed by atoms with Crippen molar-refractivity contribution in [2.24, 2.45) is 0 Å². The summed E-state index contributed by atoms with van der Waals surface area (Å²) in [4.78, 5) is 0. The maximum absolute atomic E-state index is 9.14. The summed E-state index contributed by atoms with van der Waals surface area (Å²) in [6.07, 6.45) is 1.25. The van der Waals surface area contributed by atoms with Gasteiger partial charge in [-0.05, 0) is 9.13 Å². The number of hydrogen-bond donors (Lipinski definition) is 0. The lowest BCUT2D eigenvalue weighted by Crippen LogP contribution is -1.27. The van der Waals surface area contributed by atoms with Gasteiger partial charge in [0.25, 0.3) is 0 Å². The SMILES string of the molecule is CCC.O=[PH+]O[PH+]=O. The van der Waals surface area contributed by atoms with E-state index in [0.29, 0.717) is 0 Å². The third kappa shape index (κ3) is 35.2. The first-order chi connectivity index (χ1) is 3.83. The zero-order valence-electron chi connectivity index (χ0n) is 4.93. The van der Waals surface area contributed by atoms with Gasteiger partial charge in [-0.15, -0.1) is 0 Å². The lowest BCUT2D eigenvalue weighted by atomic mass is 10.6. The average Bonchev–Trinajstić information content (AvgIpc) is 1.71. The van der Waals surface area contributed by atoms with Gasteiger partial charge in [0.2, 0.25) is 0 Å². The van der Waals surface area contributed by atoms with E-state index < -0.39 is 17.4 Å². The van der Waals surface area contributed by atoms with E-state index in [2.05, 4.69) is 18.2 Å². The molecule has 0 aromatic carbocycles. The molecule has 0 saturated heterocycles. The van der Waals surface area contributed by atoms with E-state index in [4.69, 9.17) is 9.13 Å². The average molecular weight is 156 g/mol. The Labute approximate surface area is 52.0 Å². The Bertz CT molecular complexity index is 50.5. The molecule has 3 nitrogen and oxygen atoms in total. The molecule has 0 amide bonds. The fourth-order valence-electron chi connectivity index (χ4n) is 0.0170. The second kappa shape index (κ2) is 15.7. The highest BCUT2D eigenvalue weighted by Crippen LogP contribution is 2.04. The van der Waals surface area contributed by atoms with Crippen molar-refractivity contribution in [3.8, 4) is 0 Å². The predicted molar refractivity (Wildman–Crippen MR) is 35.1 cm³/mol. The van der Waals surface area contributed by atoms with Gasteiger partial charge >= 0.3 is 17.4 Å². The van der Waals surface area contributed by atoms with E-state index in [0.717, 1.165) is 0 Å². The Kier molecular flexibility index (Phi) is 21.6. The molecule has 0 atom stereocenters. The van der Waals surface area contributed by atoms with Crippen molar-refractivity contribution >= 4 is 17.4 Å². The van der Waals surface area contributed by atoms with Crippen LogP contribution in [-0.2, 0) is 13.4 Å². The van der Waals surface area contributed by atoms with Gasteiger partial charge in [0, 0.05) is 0 Å². The molecule has 0 unspecified atom stereocenters. The van der Waals surface area contributed by atoms with Crippen LogP contribution in [-0.4, -0.2) is 0 Å². The largest absolute Gasteiger partial charge is 0.548 e. The van der Waals surface area contributed by atoms with Crippen LogP contribution in [0.1, 0.15) is 20.3 Å². The maximum Gasteiger partial charge on any atom is 0.548 e. The third-order valence-electron chi connectivity index (χ3n) is 0.0833.